The molecule has 1 aromatic rings. The van der Waals surface area contributed by atoms with Crippen molar-refractivity contribution in [3.05, 3.63) is 39.9 Å². The summed E-state index contributed by atoms with van der Waals surface area (Å²) in [6.07, 6.45) is -0.143. The number of carboxylic acids is 2. The average Bonchev–Trinajstić information content (AvgIpc) is 2.38. The lowest BCUT2D eigenvalue weighted by atomic mass is 9.93. The fourth-order valence-electron chi connectivity index (χ4n) is 1.72. The van der Waals surface area contributed by atoms with Gasteiger partial charge in [0.25, 0.3) is 5.69 Å². The van der Waals surface area contributed by atoms with Crippen LogP contribution in [0.1, 0.15) is 12.0 Å². The molecule has 0 amide bonds. The topological polar surface area (TPSA) is 144 Å². The third-order valence-electron chi connectivity index (χ3n) is 2.83. The van der Waals surface area contributed by atoms with Gasteiger partial charge in [-0.1, -0.05) is 12.1 Å². The van der Waals surface area contributed by atoms with Gasteiger partial charge in [0.05, 0.1) is 10.8 Å². The van der Waals surface area contributed by atoms with Gasteiger partial charge in [-0.3, -0.25) is 19.7 Å². The highest BCUT2D eigenvalue weighted by Crippen LogP contribution is 2.18. The van der Waals surface area contributed by atoms with Crippen LogP contribution in [0.4, 0.5) is 5.69 Å². The number of rotatable bonds is 7. The maximum atomic E-state index is 11.1. The van der Waals surface area contributed by atoms with Crippen LogP contribution in [0, 0.1) is 16.0 Å². The van der Waals surface area contributed by atoms with Crippen LogP contribution in [0.2, 0.25) is 0 Å². The van der Waals surface area contributed by atoms with Gasteiger partial charge in [-0.25, -0.2) is 0 Å². The molecule has 8 heteroatoms. The van der Waals surface area contributed by atoms with E-state index < -0.39 is 28.8 Å². The van der Waals surface area contributed by atoms with Gasteiger partial charge >= 0.3 is 11.9 Å². The lowest BCUT2D eigenvalue weighted by molar-refractivity contribution is -0.384. The SMILES string of the molecule is N[C@H](C[C@H](Cc1ccc([N+](=O)[O-])cc1)C(=O)O)C(=O)O. The lowest BCUT2D eigenvalue weighted by Gasteiger charge is -2.14. The van der Waals surface area contributed by atoms with E-state index in [0.29, 0.717) is 5.56 Å². The summed E-state index contributed by atoms with van der Waals surface area (Å²) in [6.45, 7) is 0. The van der Waals surface area contributed by atoms with Gasteiger partial charge in [0.15, 0.2) is 0 Å². The van der Waals surface area contributed by atoms with Gasteiger partial charge in [0.1, 0.15) is 6.04 Å². The van der Waals surface area contributed by atoms with Gasteiger partial charge in [0, 0.05) is 12.1 Å². The molecule has 1 aromatic carbocycles. The van der Waals surface area contributed by atoms with Crippen LogP contribution >= 0.6 is 0 Å². The number of carboxylic acid groups (broad SMARTS) is 2. The van der Waals surface area contributed by atoms with Crippen molar-refractivity contribution in [3.63, 3.8) is 0 Å². The van der Waals surface area contributed by atoms with E-state index in [-0.39, 0.29) is 18.5 Å². The molecule has 2 atom stereocenters. The minimum Gasteiger partial charge on any atom is -0.481 e. The number of aliphatic carboxylic acids is 2. The van der Waals surface area contributed by atoms with Crippen LogP contribution < -0.4 is 5.73 Å². The molecule has 0 aliphatic rings. The van der Waals surface area contributed by atoms with Gasteiger partial charge in [0.2, 0.25) is 0 Å². The van der Waals surface area contributed by atoms with Crippen LogP contribution in [0.25, 0.3) is 0 Å². The van der Waals surface area contributed by atoms with Crippen molar-refractivity contribution in [2.24, 2.45) is 11.7 Å². The summed E-state index contributed by atoms with van der Waals surface area (Å²) in [7, 11) is 0. The predicted octanol–water partition coefficient (Wildman–Crippen LogP) is 0.640. The number of nitro benzene ring substituents is 1. The number of nitrogens with zero attached hydrogens (tertiary/aromatic N) is 1. The molecule has 0 aliphatic carbocycles. The first-order chi connectivity index (χ1) is 9.31. The fourth-order valence-corrected chi connectivity index (χ4v) is 1.72. The molecular formula is C12H14N2O6. The van der Waals surface area contributed by atoms with Crippen molar-refractivity contribution in [2.45, 2.75) is 18.9 Å². The number of nitro groups is 1. The molecule has 1 rings (SSSR count). The third kappa shape index (κ3) is 4.32. The van der Waals surface area contributed by atoms with E-state index in [4.69, 9.17) is 15.9 Å². The largest absolute Gasteiger partial charge is 0.481 e. The van der Waals surface area contributed by atoms with E-state index in [1.165, 1.54) is 24.3 Å². The summed E-state index contributed by atoms with van der Waals surface area (Å²) in [5.41, 5.74) is 5.80. The maximum Gasteiger partial charge on any atom is 0.320 e. The molecule has 4 N–H and O–H groups in total. The van der Waals surface area contributed by atoms with E-state index in [2.05, 4.69) is 0 Å². The highest BCUT2D eigenvalue weighted by molar-refractivity contribution is 5.76. The number of nitrogens with two attached hydrogens (primary N) is 1. The summed E-state index contributed by atoms with van der Waals surface area (Å²) in [6, 6.07) is 4.17. The number of hydrogen-bond donors (Lipinski definition) is 3. The number of benzene rings is 1. The van der Waals surface area contributed by atoms with E-state index in [1.807, 2.05) is 0 Å². The van der Waals surface area contributed by atoms with Crippen molar-refractivity contribution in [1.29, 1.82) is 0 Å². The Balaban J connectivity index is 2.77. The summed E-state index contributed by atoms with van der Waals surface area (Å²) in [5.74, 6) is -3.37. The number of hydrogen-bond acceptors (Lipinski definition) is 5. The Morgan fingerprint density at radius 2 is 1.75 bits per heavy atom. The van der Waals surface area contributed by atoms with E-state index in [0.717, 1.165) is 0 Å². The quantitative estimate of drug-likeness (QED) is 0.491. The minimum atomic E-state index is -1.26. The molecule has 108 valence electrons. The second-order valence-electron chi connectivity index (χ2n) is 4.34. The summed E-state index contributed by atoms with van der Waals surface area (Å²) in [4.78, 5) is 31.7. The van der Waals surface area contributed by atoms with Gasteiger partial charge in [-0.2, -0.15) is 0 Å². The van der Waals surface area contributed by atoms with Crippen LogP contribution in [0.3, 0.4) is 0 Å². The smallest absolute Gasteiger partial charge is 0.320 e. The molecule has 0 bridgehead atoms. The van der Waals surface area contributed by atoms with Crippen molar-refractivity contribution < 1.29 is 24.7 Å². The standard InChI is InChI=1S/C12H14N2O6/c13-10(12(17)18)6-8(11(15)16)5-7-1-3-9(4-2-7)14(19)20/h1-4,8,10H,5-6,13H2,(H,15,16)(H,17,18)/t8-,10+/m0/s1. The molecule has 0 spiro atoms. The Morgan fingerprint density at radius 1 is 1.20 bits per heavy atom. The molecule has 0 saturated heterocycles. The van der Waals surface area contributed by atoms with Crippen molar-refractivity contribution >= 4 is 17.6 Å². The molecule has 0 saturated carbocycles. The van der Waals surface area contributed by atoms with Gasteiger partial charge in [-0.15, -0.1) is 0 Å². The average molecular weight is 282 g/mol. The first-order valence-corrected chi connectivity index (χ1v) is 5.75. The molecule has 0 aliphatic heterocycles. The summed E-state index contributed by atoms with van der Waals surface area (Å²) in [5, 5.41) is 28.2. The Labute approximate surface area is 114 Å². The summed E-state index contributed by atoms with van der Waals surface area (Å²) < 4.78 is 0. The Hall–Kier alpha value is -2.48. The van der Waals surface area contributed by atoms with Crippen LogP contribution in [-0.2, 0) is 16.0 Å². The summed E-state index contributed by atoms with van der Waals surface area (Å²) >= 11 is 0. The number of carbonyl (C=O) groups is 2. The fraction of sp³-hybridized carbons (Fsp3) is 0.333. The molecule has 8 nitrogen and oxygen atoms in total. The van der Waals surface area contributed by atoms with Crippen LogP contribution in [0.15, 0.2) is 24.3 Å². The monoisotopic (exact) mass is 282 g/mol. The lowest BCUT2D eigenvalue weighted by Crippen LogP contribution is -2.35. The van der Waals surface area contributed by atoms with E-state index >= 15 is 0 Å². The van der Waals surface area contributed by atoms with E-state index in [9.17, 15) is 19.7 Å². The van der Waals surface area contributed by atoms with Crippen molar-refractivity contribution in [3.8, 4) is 0 Å². The molecule has 0 fully saturated rings. The molecule has 0 unspecified atom stereocenters. The van der Waals surface area contributed by atoms with Crippen LogP contribution in [0.5, 0.6) is 0 Å². The zero-order valence-electron chi connectivity index (χ0n) is 10.4. The Kier molecular flexibility index (Phi) is 5.15. The third-order valence-corrected chi connectivity index (χ3v) is 2.83. The predicted molar refractivity (Wildman–Crippen MR) is 68.2 cm³/mol. The van der Waals surface area contributed by atoms with Crippen molar-refractivity contribution in [1.82, 2.24) is 0 Å². The normalized spacial score (nSPS) is 13.4. The zero-order chi connectivity index (χ0) is 15.3. The Morgan fingerprint density at radius 3 is 2.15 bits per heavy atom. The first-order valence-electron chi connectivity index (χ1n) is 5.75. The highest BCUT2D eigenvalue weighted by atomic mass is 16.6. The Bertz CT molecular complexity index is 513. The maximum absolute atomic E-state index is 11.1. The van der Waals surface area contributed by atoms with E-state index in [1.54, 1.807) is 0 Å². The van der Waals surface area contributed by atoms with Gasteiger partial charge in [-0.05, 0) is 18.4 Å². The number of non-ortho nitro benzene ring substituents is 1. The van der Waals surface area contributed by atoms with Gasteiger partial charge < -0.3 is 15.9 Å². The molecule has 0 heterocycles. The zero-order valence-corrected chi connectivity index (χ0v) is 10.4. The molecular weight excluding hydrogens is 268 g/mol. The molecule has 0 aromatic heterocycles. The second-order valence-corrected chi connectivity index (χ2v) is 4.34. The minimum absolute atomic E-state index is 0.0638. The van der Waals surface area contributed by atoms with Crippen LogP contribution in [-0.4, -0.2) is 33.1 Å². The molecule has 20 heavy (non-hydrogen) atoms. The second kappa shape index (κ2) is 6.62. The highest BCUT2D eigenvalue weighted by Gasteiger charge is 2.24. The first kappa shape index (κ1) is 15.6. The molecule has 0 radical (unpaired) electrons. The van der Waals surface area contributed by atoms with Crippen molar-refractivity contribution in [2.75, 3.05) is 0 Å².